The molecule has 0 spiro atoms. The van der Waals surface area contributed by atoms with Crippen molar-refractivity contribution in [1.29, 1.82) is 0 Å². The van der Waals surface area contributed by atoms with Crippen molar-refractivity contribution in [1.82, 2.24) is 10.3 Å². The standard InChI is InChI=1S/C23H29N3O4/c1-15(2)26(16(3)4)23(28)22-20(29-6)8-7-9-21(22)30-19-12-10-18(11-13-19)14-24-25-17(5)27/h7-16H,1-6H3,(H,25,27). The summed E-state index contributed by atoms with van der Waals surface area (Å²) in [5, 5.41) is 3.84. The average Bonchev–Trinajstić information content (AvgIpc) is 2.68. The van der Waals surface area contributed by atoms with Crippen LogP contribution in [0.15, 0.2) is 47.6 Å². The number of ether oxygens (including phenoxy) is 2. The Morgan fingerprint density at radius 1 is 1.00 bits per heavy atom. The Kier molecular flexibility index (Phi) is 7.98. The Bertz CT molecular complexity index is 897. The highest BCUT2D eigenvalue weighted by molar-refractivity contribution is 6.00. The molecule has 0 radical (unpaired) electrons. The number of hydrogen-bond acceptors (Lipinski definition) is 5. The molecule has 160 valence electrons. The van der Waals surface area contributed by atoms with Crippen molar-refractivity contribution in [3.63, 3.8) is 0 Å². The van der Waals surface area contributed by atoms with Gasteiger partial charge in [-0.1, -0.05) is 6.07 Å². The normalized spacial score (nSPS) is 11.1. The smallest absolute Gasteiger partial charge is 0.261 e. The lowest BCUT2D eigenvalue weighted by Crippen LogP contribution is -2.42. The van der Waals surface area contributed by atoms with E-state index in [1.165, 1.54) is 20.2 Å². The summed E-state index contributed by atoms with van der Waals surface area (Å²) in [6.45, 7) is 9.31. The minimum Gasteiger partial charge on any atom is -0.496 e. The molecule has 2 aromatic carbocycles. The van der Waals surface area contributed by atoms with E-state index < -0.39 is 0 Å². The zero-order valence-electron chi connectivity index (χ0n) is 18.3. The molecule has 2 aromatic rings. The maximum absolute atomic E-state index is 13.4. The molecule has 0 aliphatic heterocycles. The number of methoxy groups -OCH3 is 1. The van der Waals surface area contributed by atoms with E-state index in [0.717, 1.165) is 5.56 Å². The lowest BCUT2D eigenvalue weighted by atomic mass is 10.1. The summed E-state index contributed by atoms with van der Waals surface area (Å²) in [6.07, 6.45) is 1.54. The molecular weight excluding hydrogens is 382 g/mol. The Hall–Kier alpha value is -3.35. The predicted molar refractivity (Wildman–Crippen MR) is 117 cm³/mol. The van der Waals surface area contributed by atoms with Gasteiger partial charge in [0.2, 0.25) is 5.91 Å². The van der Waals surface area contributed by atoms with Crippen LogP contribution in [0.25, 0.3) is 0 Å². The molecule has 0 aromatic heterocycles. The summed E-state index contributed by atoms with van der Waals surface area (Å²) in [7, 11) is 1.54. The summed E-state index contributed by atoms with van der Waals surface area (Å²) < 4.78 is 11.5. The average molecular weight is 412 g/mol. The second kappa shape index (κ2) is 10.4. The maximum atomic E-state index is 13.4. The van der Waals surface area contributed by atoms with Crippen LogP contribution in [0.5, 0.6) is 17.2 Å². The fourth-order valence-electron chi connectivity index (χ4n) is 3.12. The third-order valence-electron chi connectivity index (χ3n) is 4.31. The van der Waals surface area contributed by atoms with Crippen LogP contribution in [0.4, 0.5) is 0 Å². The van der Waals surface area contributed by atoms with Gasteiger partial charge in [0.1, 0.15) is 22.8 Å². The van der Waals surface area contributed by atoms with E-state index in [4.69, 9.17) is 9.47 Å². The molecule has 1 N–H and O–H groups in total. The lowest BCUT2D eigenvalue weighted by molar-refractivity contribution is -0.118. The number of carbonyl (C=O) groups excluding carboxylic acids is 2. The third kappa shape index (κ3) is 5.83. The summed E-state index contributed by atoms with van der Waals surface area (Å²) in [6, 6.07) is 12.5. The topological polar surface area (TPSA) is 80.2 Å². The van der Waals surface area contributed by atoms with E-state index in [1.807, 2.05) is 27.7 Å². The van der Waals surface area contributed by atoms with Crippen LogP contribution in [0.2, 0.25) is 0 Å². The largest absolute Gasteiger partial charge is 0.496 e. The first-order chi connectivity index (χ1) is 14.2. The Morgan fingerprint density at radius 2 is 1.60 bits per heavy atom. The van der Waals surface area contributed by atoms with Crippen LogP contribution in [0.1, 0.15) is 50.5 Å². The van der Waals surface area contributed by atoms with Gasteiger partial charge in [-0.3, -0.25) is 9.59 Å². The number of hydrazone groups is 1. The molecule has 0 saturated carbocycles. The molecule has 0 aliphatic carbocycles. The molecule has 0 fully saturated rings. The maximum Gasteiger partial charge on any atom is 0.261 e. The summed E-state index contributed by atoms with van der Waals surface area (Å²) in [5.74, 6) is 1.06. The molecular formula is C23H29N3O4. The quantitative estimate of drug-likeness (QED) is 0.521. The van der Waals surface area contributed by atoms with Crippen molar-refractivity contribution < 1.29 is 19.1 Å². The van der Waals surface area contributed by atoms with Gasteiger partial charge < -0.3 is 14.4 Å². The highest BCUT2D eigenvalue weighted by Gasteiger charge is 2.27. The highest BCUT2D eigenvalue weighted by Crippen LogP contribution is 2.34. The SMILES string of the molecule is COc1cccc(Oc2ccc(C=NNC(C)=O)cc2)c1C(=O)N(C(C)C)C(C)C. The van der Waals surface area contributed by atoms with Crippen molar-refractivity contribution in [2.75, 3.05) is 7.11 Å². The Morgan fingerprint density at radius 3 is 2.13 bits per heavy atom. The number of benzene rings is 2. The van der Waals surface area contributed by atoms with Crippen LogP contribution in [-0.4, -0.2) is 42.1 Å². The number of amides is 2. The molecule has 30 heavy (non-hydrogen) atoms. The molecule has 7 nitrogen and oxygen atoms in total. The third-order valence-corrected chi connectivity index (χ3v) is 4.31. The second-order valence-corrected chi connectivity index (χ2v) is 7.33. The fourth-order valence-corrected chi connectivity index (χ4v) is 3.12. The van der Waals surface area contributed by atoms with Gasteiger partial charge in [-0.25, -0.2) is 5.43 Å². The van der Waals surface area contributed by atoms with Crippen molar-refractivity contribution in [3.8, 4) is 17.2 Å². The molecule has 0 heterocycles. The summed E-state index contributed by atoms with van der Waals surface area (Å²) >= 11 is 0. The lowest BCUT2D eigenvalue weighted by Gasteiger charge is -2.31. The van der Waals surface area contributed by atoms with Gasteiger partial charge in [0.15, 0.2) is 0 Å². The first-order valence-corrected chi connectivity index (χ1v) is 9.81. The van der Waals surface area contributed by atoms with Crippen molar-refractivity contribution in [2.24, 2.45) is 5.10 Å². The molecule has 0 aliphatic rings. The fraction of sp³-hybridized carbons (Fsp3) is 0.348. The monoisotopic (exact) mass is 411 g/mol. The van der Waals surface area contributed by atoms with Gasteiger partial charge in [0.05, 0.1) is 13.3 Å². The van der Waals surface area contributed by atoms with Crippen LogP contribution >= 0.6 is 0 Å². The van der Waals surface area contributed by atoms with Crippen molar-refractivity contribution >= 4 is 18.0 Å². The van der Waals surface area contributed by atoms with Gasteiger partial charge in [-0.15, -0.1) is 0 Å². The minimum atomic E-state index is -0.238. The molecule has 0 saturated heterocycles. The van der Waals surface area contributed by atoms with Gasteiger partial charge in [-0.05, 0) is 69.7 Å². The van der Waals surface area contributed by atoms with Gasteiger partial charge >= 0.3 is 0 Å². The zero-order chi connectivity index (χ0) is 22.3. The molecule has 0 unspecified atom stereocenters. The van der Waals surface area contributed by atoms with E-state index in [9.17, 15) is 9.59 Å². The molecule has 2 amide bonds. The van der Waals surface area contributed by atoms with E-state index in [0.29, 0.717) is 22.8 Å². The van der Waals surface area contributed by atoms with Gasteiger partial charge in [0, 0.05) is 19.0 Å². The molecule has 7 heteroatoms. The number of rotatable bonds is 8. The summed E-state index contributed by atoms with van der Waals surface area (Å²) in [5.41, 5.74) is 3.54. The highest BCUT2D eigenvalue weighted by atomic mass is 16.5. The van der Waals surface area contributed by atoms with Crippen LogP contribution in [-0.2, 0) is 4.79 Å². The first kappa shape index (κ1) is 22.9. The van der Waals surface area contributed by atoms with Crippen LogP contribution in [0, 0.1) is 0 Å². The van der Waals surface area contributed by atoms with Crippen molar-refractivity contribution in [2.45, 2.75) is 46.7 Å². The number of nitrogens with one attached hydrogen (secondary N) is 1. The van der Waals surface area contributed by atoms with E-state index in [1.54, 1.807) is 47.4 Å². The Balaban J connectivity index is 2.33. The Labute approximate surface area is 177 Å². The number of carbonyl (C=O) groups is 2. The van der Waals surface area contributed by atoms with Crippen molar-refractivity contribution in [3.05, 3.63) is 53.6 Å². The second-order valence-electron chi connectivity index (χ2n) is 7.33. The van der Waals surface area contributed by atoms with Crippen LogP contribution < -0.4 is 14.9 Å². The number of nitrogens with zero attached hydrogens (tertiary/aromatic N) is 2. The minimum absolute atomic E-state index is 0.0254. The van der Waals surface area contributed by atoms with E-state index >= 15 is 0 Å². The van der Waals surface area contributed by atoms with Gasteiger partial charge in [0.25, 0.3) is 5.91 Å². The number of hydrogen-bond donors (Lipinski definition) is 1. The van der Waals surface area contributed by atoms with Crippen LogP contribution in [0.3, 0.4) is 0 Å². The molecule has 0 bridgehead atoms. The zero-order valence-corrected chi connectivity index (χ0v) is 18.3. The molecule has 0 atom stereocenters. The first-order valence-electron chi connectivity index (χ1n) is 9.81. The summed E-state index contributed by atoms with van der Waals surface area (Å²) in [4.78, 5) is 26.0. The molecule has 2 rings (SSSR count). The van der Waals surface area contributed by atoms with E-state index in [-0.39, 0.29) is 23.9 Å². The predicted octanol–water partition coefficient (Wildman–Crippen LogP) is 4.22. The van der Waals surface area contributed by atoms with E-state index in [2.05, 4.69) is 10.5 Å². The van der Waals surface area contributed by atoms with Gasteiger partial charge in [-0.2, -0.15) is 5.10 Å².